The van der Waals surface area contributed by atoms with E-state index in [1.54, 1.807) is 12.4 Å². The molecule has 0 aliphatic carbocycles. The number of rotatable bonds is 4. The van der Waals surface area contributed by atoms with E-state index < -0.39 is 0 Å². The minimum absolute atomic E-state index is 0.648. The smallest absolute Gasteiger partial charge is 0.137 e. The van der Waals surface area contributed by atoms with Crippen LogP contribution in [0.1, 0.15) is 5.82 Å². The van der Waals surface area contributed by atoms with Gasteiger partial charge in [0.1, 0.15) is 12.2 Å². The van der Waals surface area contributed by atoms with E-state index in [1.165, 1.54) is 6.33 Å². The van der Waals surface area contributed by atoms with Crippen molar-refractivity contribution >= 4 is 11.4 Å². The second-order valence-corrected chi connectivity index (χ2v) is 3.07. The van der Waals surface area contributed by atoms with E-state index in [4.69, 9.17) is 5.73 Å². The number of aromatic nitrogens is 4. The zero-order chi connectivity index (χ0) is 10.5. The number of H-pyrrole nitrogens is 1. The zero-order valence-electron chi connectivity index (χ0n) is 8.14. The maximum absolute atomic E-state index is 5.72. The average Bonchev–Trinajstić information content (AvgIpc) is 2.74. The first-order valence-electron chi connectivity index (χ1n) is 4.64. The van der Waals surface area contributed by atoms with Gasteiger partial charge < -0.3 is 11.1 Å². The Kier molecular flexibility index (Phi) is 2.77. The Morgan fingerprint density at radius 2 is 2.40 bits per heavy atom. The molecule has 2 aromatic heterocycles. The lowest BCUT2D eigenvalue weighted by Gasteiger charge is -2.06. The molecule has 0 spiro atoms. The maximum atomic E-state index is 5.72. The molecule has 0 aromatic carbocycles. The number of hydrogen-bond acceptors (Lipinski definition) is 5. The number of nitrogens with zero attached hydrogens (tertiary/aromatic N) is 3. The highest BCUT2D eigenvalue weighted by Crippen LogP contribution is 2.14. The summed E-state index contributed by atoms with van der Waals surface area (Å²) in [5.41, 5.74) is 7.26. The van der Waals surface area contributed by atoms with Gasteiger partial charge in [-0.2, -0.15) is 5.10 Å². The molecular weight excluding hydrogens is 192 g/mol. The van der Waals surface area contributed by atoms with Crippen LogP contribution in [-0.4, -0.2) is 26.7 Å². The lowest BCUT2D eigenvalue weighted by Crippen LogP contribution is -2.07. The van der Waals surface area contributed by atoms with E-state index in [-0.39, 0.29) is 0 Å². The summed E-state index contributed by atoms with van der Waals surface area (Å²) in [7, 11) is 0. The molecule has 2 rings (SSSR count). The van der Waals surface area contributed by atoms with Crippen LogP contribution < -0.4 is 11.1 Å². The first-order valence-corrected chi connectivity index (χ1v) is 4.64. The Morgan fingerprint density at radius 3 is 3.13 bits per heavy atom. The van der Waals surface area contributed by atoms with Gasteiger partial charge in [0, 0.05) is 19.2 Å². The molecule has 0 saturated carbocycles. The number of anilines is 2. The summed E-state index contributed by atoms with van der Waals surface area (Å²) in [5.74, 6) is 0.857. The fraction of sp³-hybridized carbons (Fsp3) is 0.222. The number of nitrogens with one attached hydrogen (secondary N) is 2. The molecule has 6 nitrogen and oxygen atoms in total. The molecule has 4 N–H and O–H groups in total. The SMILES string of the molecule is Nc1cnccc1NCCc1ncn[nH]1. The van der Waals surface area contributed by atoms with Crippen LogP contribution in [0, 0.1) is 0 Å². The third-order valence-corrected chi connectivity index (χ3v) is 1.99. The normalized spacial score (nSPS) is 10.1. The molecule has 2 aromatic rings. The summed E-state index contributed by atoms with van der Waals surface area (Å²) in [6.07, 6.45) is 5.60. The van der Waals surface area contributed by atoms with Crippen molar-refractivity contribution < 1.29 is 0 Å². The van der Waals surface area contributed by atoms with Crippen LogP contribution in [0.4, 0.5) is 11.4 Å². The van der Waals surface area contributed by atoms with Crippen LogP contribution in [0.5, 0.6) is 0 Å². The molecular formula is C9H12N6. The quantitative estimate of drug-likeness (QED) is 0.671. The molecule has 15 heavy (non-hydrogen) atoms. The standard InChI is InChI=1S/C9H12N6/c10-7-5-11-3-1-8(7)12-4-2-9-13-6-14-15-9/h1,3,5-6H,2,4,10H2,(H,11,12)(H,13,14,15). The molecule has 0 aliphatic heterocycles. The van der Waals surface area contributed by atoms with Gasteiger partial charge in [-0.15, -0.1) is 0 Å². The van der Waals surface area contributed by atoms with Crippen molar-refractivity contribution in [1.82, 2.24) is 20.2 Å². The van der Waals surface area contributed by atoms with Gasteiger partial charge in [0.05, 0.1) is 17.6 Å². The highest BCUT2D eigenvalue weighted by atomic mass is 15.2. The summed E-state index contributed by atoms with van der Waals surface area (Å²) >= 11 is 0. The predicted octanol–water partition coefficient (Wildman–Crippen LogP) is 0.436. The van der Waals surface area contributed by atoms with Crippen LogP contribution in [0.15, 0.2) is 24.8 Å². The molecule has 0 amide bonds. The van der Waals surface area contributed by atoms with Crippen LogP contribution in [-0.2, 0) is 6.42 Å². The van der Waals surface area contributed by atoms with Gasteiger partial charge in [-0.3, -0.25) is 10.1 Å². The van der Waals surface area contributed by atoms with Crippen LogP contribution in [0.25, 0.3) is 0 Å². The number of hydrogen-bond donors (Lipinski definition) is 3. The third kappa shape index (κ3) is 2.43. The minimum atomic E-state index is 0.648. The Labute approximate surface area is 86.9 Å². The molecule has 6 heteroatoms. The fourth-order valence-electron chi connectivity index (χ4n) is 1.23. The fourth-order valence-corrected chi connectivity index (χ4v) is 1.23. The number of aromatic amines is 1. The zero-order valence-corrected chi connectivity index (χ0v) is 8.14. The summed E-state index contributed by atoms with van der Waals surface area (Å²) in [5, 5.41) is 9.76. The van der Waals surface area contributed by atoms with Gasteiger partial charge >= 0.3 is 0 Å². The van der Waals surface area contributed by atoms with Crippen molar-refractivity contribution in [2.75, 3.05) is 17.6 Å². The van der Waals surface area contributed by atoms with E-state index in [0.717, 1.165) is 24.5 Å². The van der Waals surface area contributed by atoms with Crippen LogP contribution in [0.3, 0.4) is 0 Å². The molecule has 0 radical (unpaired) electrons. The van der Waals surface area contributed by atoms with Crippen LogP contribution in [0.2, 0.25) is 0 Å². The van der Waals surface area contributed by atoms with Crippen molar-refractivity contribution in [2.45, 2.75) is 6.42 Å². The number of nitrogen functional groups attached to an aromatic ring is 1. The Balaban J connectivity index is 1.86. The summed E-state index contributed by atoms with van der Waals surface area (Å²) in [6.45, 7) is 0.753. The predicted molar refractivity (Wildman–Crippen MR) is 57.2 cm³/mol. The van der Waals surface area contributed by atoms with Crippen molar-refractivity contribution in [3.8, 4) is 0 Å². The van der Waals surface area contributed by atoms with Gasteiger partial charge in [0.2, 0.25) is 0 Å². The van der Waals surface area contributed by atoms with Gasteiger partial charge in [-0.25, -0.2) is 4.98 Å². The van der Waals surface area contributed by atoms with E-state index >= 15 is 0 Å². The summed E-state index contributed by atoms with van der Waals surface area (Å²) in [4.78, 5) is 7.93. The number of nitrogens with two attached hydrogens (primary N) is 1. The molecule has 2 heterocycles. The van der Waals surface area contributed by atoms with Gasteiger partial charge in [0.25, 0.3) is 0 Å². The lowest BCUT2D eigenvalue weighted by atomic mass is 10.3. The molecule has 0 aliphatic rings. The minimum Gasteiger partial charge on any atom is -0.396 e. The Morgan fingerprint density at radius 1 is 1.47 bits per heavy atom. The van der Waals surface area contributed by atoms with Crippen molar-refractivity contribution in [3.05, 3.63) is 30.6 Å². The monoisotopic (exact) mass is 204 g/mol. The lowest BCUT2D eigenvalue weighted by molar-refractivity contribution is 0.901. The van der Waals surface area contributed by atoms with Crippen molar-refractivity contribution in [1.29, 1.82) is 0 Å². The first kappa shape index (κ1) is 9.45. The summed E-state index contributed by atoms with van der Waals surface area (Å²) < 4.78 is 0. The van der Waals surface area contributed by atoms with Gasteiger partial charge in [-0.1, -0.05) is 0 Å². The second kappa shape index (κ2) is 4.41. The van der Waals surface area contributed by atoms with E-state index in [0.29, 0.717) is 5.69 Å². The van der Waals surface area contributed by atoms with Crippen molar-refractivity contribution in [3.63, 3.8) is 0 Å². The highest BCUT2D eigenvalue weighted by Gasteiger charge is 1.98. The van der Waals surface area contributed by atoms with Crippen LogP contribution >= 0.6 is 0 Å². The second-order valence-electron chi connectivity index (χ2n) is 3.07. The Hall–Kier alpha value is -2.11. The molecule has 0 atom stereocenters. The summed E-state index contributed by atoms with van der Waals surface area (Å²) in [6, 6.07) is 1.84. The van der Waals surface area contributed by atoms with E-state index in [1.807, 2.05) is 6.07 Å². The van der Waals surface area contributed by atoms with E-state index in [2.05, 4.69) is 25.5 Å². The van der Waals surface area contributed by atoms with Crippen molar-refractivity contribution in [2.24, 2.45) is 0 Å². The largest absolute Gasteiger partial charge is 0.396 e. The molecule has 0 unspecified atom stereocenters. The molecule has 0 saturated heterocycles. The topological polar surface area (TPSA) is 92.5 Å². The Bertz CT molecular complexity index is 410. The molecule has 0 bridgehead atoms. The number of pyridine rings is 1. The average molecular weight is 204 g/mol. The third-order valence-electron chi connectivity index (χ3n) is 1.99. The van der Waals surface area contributed by atoms with Gasteiger partial charge in [0.15, 0.2) is 0 Å². The molecule has 78 valence electrons. The highest BCUT2D eigenvalue weighted by molar-refractivity contribution is 5.64. The van der Waals surface area contributed by atoms with E-state index in [9.17, 15) is 0 Å². The first-order chi connectivity index (χ1) is 7.36. The molecule has 0 fully saturated rings. The maximum Gasteiger partial charge on any atom is 0.137 e. The van der Waals surface area contributed by atoms with Gasteiger partial charge in [-0.05, 0) is 6.07 Å².